The van der Waals surface area contributed by atoms with Gasteiger partial charge in [0.2, 0.25) is 0 Å². The summed E-state index contributed by atoms with van der Waals surface area (Å²) >= 11 is 0. The molecule has 2 nitrogen and oxygen atoms in total. The predicted molar refractivity (Wildman–Crippen MR) is 75.1 cm³/mol. The van der Waals surface area contributed by atoms with E-state index in [1.165, 1.54) is 24.3 Å². The second-order valence-electron chi connectivity index (χ2n) is 5.11. The maximum atomic E-state index is 13.2. The Morgan fingerprint density at radius 2 is 1.46 bits per heavy atom. The summed E-state index contributed by atoms with van der Waals surface area (Å²) in [5.41, 5.74) is -6.48. The van der Waals surface area contributed by atoms with Crippen LogP contribution in [0.25, 0.3) is 11.1 Å². The van der Waals surface area contributed by atoms with Crippen LogP contribution in [0.2, 0.25) is 0 Å². The van der Waals surface area contributed by atoms with Crippen LogP contribution in [0.4, 0.5) is 26.3 Å². The van der Waals surface area contributed by atoms with Gasteiger partial charge in [0.1, 0.15) is 0 Å². The maximum absolute atomic E-state index is 13.2. The van der Waals surface area contributed by atoms with Crippen molar-refractivity contribution in [1.82, 2.24) is 4.98 Å². The number of nitrogens with zero attached hydrogens (tertiary/aromatic N) is 1. The quantitative estimate of drug-likeness (QED) is 0.820. The van der Waals surface area contributed by atoms with Gasteiger partial charge < -0.3 is 5.11 Å². The van der Waals surface area contributed by atoms with Crippen LogP contribution in [0.1, 0.15) is 18.2 Å². The molecule has 0 saturated heterocycles. The number of aryl methyl sites for hydroxylation is 1. The van der Waals surface area contributed by atoms with Gasteiger partial charge in [0.15, 0.2) is 0 Å². The van der Waals surface area contributed by atoms with E-state index < -0.39 is 23.5 Å². The number of hydrogen-bond donors (Lipinski definition) is 1. The third-order valence-electron chi connectivity index (χ3n) is 3.64. The van der Waals surface area contributed by atoms with Gasteiger partial charge in [-0.2, -0.15) is 26.3 Å². The van der Waals surface area contributed by atoms with Gasteiger partial charge in [-0.05, 0) is 18.1 Å². The molecule has 0 aliphatic heterocycles. The first-order chi connectivity index (χ1) is 11.0. The van der Waals surface area contributed by atoms with E-state index in [9.17, 15) is 31.4 Å². The Bertz CT molecular complexity index is 695. The highest BCUT2D eigenvalue weighted by Gasteiger charge is 2.72. The fourth-order valence-electron chi connectivity index (χ4n) is 2.47. The molecule has 0 amide bonds. The van der Waals surface area contributed by atoms with Crippen molar-refractivity contribution < 1.29 is 31.4 Å². The molecular weight excluding hydrogens is 336 g/mol. The Labute approximate surface area is 133 Å². The van der Waals surface area contributed by atoms with Crippen molar-refractivity contribution in [3.05, 3.63) is 53.9 Å². The van der Waals surface area contributed by atoms with E-state index >= 15 is 0 Å². The zero-order valence-electron chi connectivity index (χ0n) is 12.4. The summed E-state index contributed by atoms with van der Waals surface area (Å²) in [6.45, 7) is 1.55. The molecule has 8 heteroatoms. The van der Waals surface area contributed by atoms with Crippen molar-refractivity contribution >= 4 is 0 Å². The third-order valence-corrected chi connectivity index (χ3v) is 3.64. The van der Waals surface area contributed by atoms with Gasteiger partial charge in [-0.15, -0.1) is 0 Å². The minimum Gasteiger partial charge on any atom is -0.369 e. The highest BCUT2D eigenvalue weighted by Crippen LogP contribution is 2.52. The van der Waals surface area contributed by atoms with Gasteiger partial charge in [0.25, 0.3) is 5.60 Å². The van der Waals surface area contributed by atoms with Gasteiger partial charge in [-0.25, -0.2) is 0 Å². The molecule has 0 bridgehead atoms. The number of pyridine rings is 1. The molecule has 0 unspecified atom stereocenters. The normalized spacial score (nSPS) is 13.2. The lowest BCUT2D eigenvalue weighted by molar-refractivity contribution is -0.376. The van der Waals surface area contributed by atoms with Gasteiger partial charge in [0, 0.05) is 23.0 Å². The summed E-state index contributed by atoms with van der Waals surface area (Å²) in [5, 5.41) is 9.74. The lowest BCUT2D eigenvalue weighted by Crippen LogP contribution is -2.54. The molecule has 2 aromatic rings. The van der Waals surface area contributed by atoms with Crippen molar-refractivity contribution in [2.75, 3.05) is 0 Å². The summed E-state index contributed by atoms with van der Waals surface area (Å²) in [6.07, 6.45) is -10.9. The summed E-state index contributed by atoms with van der Waals surface area (Å²) in [6, 6.07) is 7.82. The molecule has 0 atom stereocenters. The standard InChI is InChI=1S/C16H13F6NO/c1-2-12-13(10-6-4-3-5-7-10)11(8-9-23-12)14(24,15(17,18)19)16(20,21)22/h3-9,24H,2H2,1H3. The van der Waals surface area contributed by atoms with Crippen molar-refractivity contribution in [3.63, 3.8) is 0 Å². The Morgan fingerprint density at radius 1 is 0.917 bits per heavy atom. The van der Waals surface area contributed by atoms with Crippen LogP contribution in [0, 0.1) is 0 Å². The van der Waals surface area contributed by atoms with Crippen LogP contribution in [0.15, 0.2) is 42.6 Å². The molecule has 0 spiro atoms. The first-order valence-electron chi connectivity index (χ1n) is 6.93. The molecule has 1 aromatic heterocycles. The number of aliphatic hydroxyl groups is 1. The van der Waals surface area contributed by atoms with E-state index in [0.29, 0.717) is 6.07 Å². The lowest BCUT2D eigenvalue weighted by atomic mass is 9.85. The molecule has 0 saturated carbocycles. The number of aromatic nitrogens is 1. The molecule has 2 rings (SSSR count). The fraction of sp³-hybridized carbons (Fsp3) is 0.312. The molecule has 0 radical (unpaired) electrons. The number of rotatable bonds is 3. The molecule has 1 aromatic carbocycles. The van der Waals surface area contributed by atoms with Crippen LogP contribution in [-0.2, 0) is 12.0 Å². The monoisotopic (exact) mass is 349 g/mol. The summed E-state index contributed by atoms with van der Waals surface area (Å²) < 4.78 is 79.4. The molecule has 1 N–H and O–H groups in total. The Balaban J connectivity index is 2.88. The largest absolute Gasteiger partial charge is 0.430 e. The van der Waals surface area contributed by atoms with Crippen molar-refractivity contribution in [2.45, 2.75) is 31.3 Å². The molecule has 24 heavy (non-hydrogen) atoms. The van der Waals surface area contributed by atoms with E-state index in [1.807, 2.05) is 0 Å². The number of halogens is 6. The van der Waals surface area contributed by atoms with Crippen LogP contribution in [0.5, 0.6) is 0 Å². The molecule has 1 heterocycles. The van der Waals surface area contributed by atoms with Gasteiger partial charge in [-0.1, -0.05) is 37.3 Å². The minimum absolute atomic E-state index is 0.0330. The van der Waals surface area contributed by atoms with Gasteiger partial charge >= 0.3 is 12.4 Å². The number of benzene rings is 1. The average molecular weight is 349 g/mol. The summed E-state index contributed by atoms with van der Waals surface area (Å²) in [7, 11) is 0. The highest BCUT2D eigenvalue weighted by molar-refractivity contribution is 5.71. The summed E-state index contributed by atoms with van der Waals surface area (Å²) in [4.78, 5) is 3.87. The number of hydrogen-bond acceptors (Lipinski definition) is 2. The lowest BCUT2D eigenvalue weighted by Gasteiger charge is -2.34. The molecular formula is C16H13F6NO. The fourth-order valence-corrected chi connectivity index (χ4v) is 2.47. The van der Waals surface area contributed by atoms with Crippen LogP contribution >= 0.6 is 0 Å². The predicted octanol–water partition coefficient (Wildman–Crippen LogP) is 4.62. The Kier molecular flexibility index (Phi) is 4.63. The molecule has 0 aliphatic carbocycles. The zero-order valence-corrected chi connectivity index (χ0v) is 12.4. The second kappa shape index (κ2) is 6.08. The van der Waals surface area contributed by atoms with E-state index in [-0.39, 0.29) is 23.2 Å². The average Bonchev–Trinajstić information content (AvgIpc) is 2.52. The van der Waals surface area contributed by atoms with E-state index in [1.54, 1.807) is 13.0 Å². The van der Waals surface area contributed by atoms with Crippen molar-refractivity contribution in [3.8, 4) is 11.1 Å². The van der Waals surface area contributed by atoms with E-state index in [4.69, 9.17) is 0 Å². The second-order valence-corrected chi connectivity index (χ2v) is 5.11. The molecule has 130 valence electrons. The minimum atomic E-state index is -5.94. The first-order valence-corrected chi connectivity index (χ1v) is 6.93. The van der Waals surface area contributed by atoms with Crippen molar-refractivity contribution in [2.24, 2.45) is 0 Å². The van der Waals surface area contributed by atoms with Crippen LogP contribution in [-0.4, -0.2) is 22.4 Å². The zero-order chi connectivity index (χ0) is 18.2. The van der Waals surface area contributed by atoms with E-state index in [2.05, 4.69) is 4.98 Å². The smallest absolute Gasteiger partial charge is 0.369 e. The third kappa shape index (κ3) is 2.86. The maximum Gasteiger partial charge on any atom is 0.430 e. The van der Waals surface area contributed by atoms with Crippen LogP contribution in [0.3, 0.4) is 0 Å². The number of alkyl halides is 6. The first kappa shape index (κ1) is 18.3. The van der Waals surface area contributed by atoms with Crippen molar-refractivity contribution in [1.29, 1.82) is 0 Å². The SMILES string of the molecule is CCc1nccc(C(O)(C(F)(F)F)C(F)(F)F)c1-c1ccccc1. The van der Waals surface area contributed by atoms with E-state index in [0.717, 1.165) is 6.20 Å². The Hall–Kier alpha value is -2.09. The summed E-state index contributed by atoms with van der Waals surface area (Å²) in [5.74, 6) is 0. The molecule has 0 aliphatic rings. The Morgan fingerprint density at radius 3 is 1.92 bits per heavy atom. The highest BCUT2D eigenvalue weighted by atomic mass is 19.4. The molecule has 0 fully saturated rings. The van der Waals surface area contributed by atoms with Gasteiger partial charge in [0.05, 0.1) is 0 Å². The van der Waals surface area contributed by atoms with Crippen LogP contribution < -0.4 is 0 Å². The topological polar surface area (TPSA) is 33.1 Å². The van der Waals surface area contributed by atoms with Gasteiger partial charge in [-0.3, -0.25) is 4.98 Å².